The third kappa shape index (κ3) is 2.40. The maximum Gasteiger partial charge on any atom is 0.0687 e. The Bertz CT molecular complexity index is 326. The lowest BCUT2D eigenvalue weighted by Crippen LogP contribution is -2.13. The largest absolute Gasteiger partial charge is 0.330 e. The van der Waals surface area contributed by atoms with Crippen molar-refractivity contribution in [2.24, 2.45) is 11.7 Å². The molecule has 1 heterocycles. The molecule has 1 aliphatic rings. The zero-order valence-electron chi connectivity index (χ0n) is 9.74. The summed E-state index contributed by atoms with van der Waals surface area (Å²) in [6.07, 6.45) is 5.94. The van der Waals surface area contributed by atoms with Gasteiger partial charge in [-0.15, -0.1) is 0 Å². The summed E-state index contributed by atoms with van der Waals surface area (Å²) in [6, 6.07) is 0. The molecule has 1 aromatic heterocycles. The van der Waals surface area contributed by atoms with E-state index in [0.717, 1.165) is 25.4 Å². The summed E-state index contributed by atoms with van der Waals surface area (Å²) in [5.74, 6) is 1.31. The molecule has 0 spiro atoms. The number of rotatable bonds is 5. The third-order valence-electron chi connectivity index (χ3n) is 3.13. The van der Waals surface area contributed by atoms with E-state index in [1.165, 1.54) is 24.1 Å². The molecule has 0 saturated heterocycles. The number of aromatic nitrogens is 2. The predicted molar refractivity (Wildman–Crippen MR) is 61.8 cm³/mol. The van der Waals surface area contributed by atoms with Crippen molar-refractivity contribution in [2.45, 2.75) is 45.6 Å². The first kappa shape index (κ1) is 10.7. The van der Waals surface area contributed by atoms with Crippen molar-refractivity contribution < 1.29 is 0 Å². The fourth-order valence-corrected chi connectivity index (χ4v) is 1.96. The van der Waals surface area contributed by atoms with Crippen molar-refractivity contribution in [2.75, 3.05) is 6.54 Å². The Morgan fingerprint density at radius 3 is 2.87 bits per heavy atom. The summed E-state index contributed by atoms with van der Waals surface area (Å²) >= 11 is 0. The van der Waals surface area contributed by atoms with Crippen LogP contribution >= 0.6 is 0 Å². The second-order valence-corrected chi connectivity index (χ2v) is 4.71. The molecule has 1 saturated carbocycles. The van der Waals surface area contributed by atoms with Crippen LogP contribution in [-0.2, 0) is 13.0 Å². The topological polar surface area (TPSA) is 43.8 Å². The highest BCUT2D eigenvalue weighted by Crippen LogP contribution is 2.41. The van der Waals surface area contributed by atoms with E-state index in [-0.39, 0.29) is 0 Å². The smallest absolute Gasteiger partial charge is 0.0687 e. The molecule has 1 aliphatic carbocycles. The molecular weight excluding hydrogens is 186 g/mol. The zero-order chi connectivity index (χ0) is 10.8. The summed E-state index contributed by atoms with van der Waals surface area (Å²) in [5.41, 5.74) is 8.45. The van der Waals surface area contributed by atoms with E-state index < -0.39 is 0 Å². The maximum absolute atomic E-state index is 5.67. The van der Waals surface area contributed by atoms with Crippen molar-refractivity contribution in [1.29, 1.82) is 0 Å². The van der Waals surface area contributed by atoms with Crippen LogP contribution in [0, 0.1) is 5.92 Å². The van der Waals surface area contributed by atoms with Gasteiger partial charge in [-0.1, -0.05) is 6.92 Å². The van der Waals surface area contributed by atoms with Crippen LogP contribution in [0.4, 0.5) is 0 Å². The Kier molecular flexibility index (Phi) is 3.10. The second kappa shape index (κ2) is 4.35. The Hall–Kier alpha value is -0.830. The van der Waals surface area contributed by atoms with Gasteiger partial charge >= 0.3 is 0 Å². The first-order valence-corrected chi connectivity index (χ1v) is 6.00. The van der Waals surface area contributed by atoms with E-state index in [2.05, 4.69) is 29.8 Å². The first-order valence-electron chi connectivity index (χ1n) is 6.00. The monoisotopic (exact) mass is 207 g/mol. The van der Waals surface area contributed by atoms with Gasteiger partial charge in [-0.2, -0.15) is 5.10 Å². The lowest BCUT2D eigenvalue weighted by molar-refractivity contribution is 0.589. The van der Waals surface area contributed by atoms with E-state index >= 15 is 0 Å². The fraction of sp³-hybridized carbons (Fsp3) is 0.750. The highest BCUT2D eigenvalue weighted by molar-refractivity contribution is 5.25. The van der Waals surface area contributed by atoms with Crippen LogP contribution in [0.25, 0.3) is 0 Å². The minimum atomic E-state index is 0.567. The van der Waals surface area contributed by atoms with Gasteiger partial charge in [0.2, 0.25) is 0 Å². The van der Waals surface area contributed by atoms with Crippen LogP contribution in [0.3, 0.4) is 0 Å². The number of hydrogen-bond donors (Lipinski definition) is 1. The molecule has 0 aliphatic heterocycles. The van der Waals surface area contributed by atoms with Crippen molar-refractivity contribution in [3.8, 4) is 0 Å². The van der Waals surface area contributed by atoms with Crippen molar-refractivity contribution in [1.82, 2.24) is 9.78 Å². The summed E-state index contributed by atoms with van der Waals surface area (Å²) in [4.78, 5) is 0. The van der Waals surface area contributed by atoms with Crippen LogP contribution in [0.5, 0.6) is 0 Å². The molecule has 0 radical (unpaired) electrons. The van der Waals surface area contributed by atoms with Gasteiger partial charge < -0.3 is 5.73 Å². The SMILES string of the molecule is CCn1cc(CC(C)CN)c(C2CC2)n1. The van der Waals surface area contributed by atoms with Crippen LogP contribution in [-0.4, -0.2) is 16.3 Å². The molecule has 2 rings (SSSR count). The molecule has 3 heteroatoms. The number of nitrogens with zero attached hydrogens (tertiary/aromatic N) is 2. The van der Waals surface area contributed by atoms with Gasteiger partial charge in [-0.05, 0) is 44.2 Å². The molecule has 0 amide bonds. The molecule has 1 fully saturated rings. The summed E-state index contributed by atoms with van der Waals surface area (Å²) < 4.78 is 2.06. The Labute approximate surface area is 91.7 Å². The van der Waals surface area contributed by atoms with E-state index in [4.69, 9.17) is 5.73 Å². The van der Waals surface area contributed by atoms with Gasteiger partial charge in [-0.25, -0.2) is 0 Å². The highest BCUT2D eigenvalue weighted by Gasteiger charge is 2.29. The minimum Gasteiger partial charge on any atom is -0.330 e. The maximum atomic E-state index is 5.67. The standard InChI is InChI=1S/C12H21N3/c1-3-15-8-11(6-9(2)7-13)12(14-15)10-4-5-10/h8-10H,3-7,13H2,1-2H3. The van der Waals surface area contributed by atoms with Crippen LogP contribution in [0.2, 0.25) is 0 Å². The summed E-state index contributed by atoms with van der Waals surface area (Å²) in [5, 5.41) is 4.65. The zero-order valence-corrected chi connectivity index (χ0v) is 9.74. The molecule has 0 bridgehead atoms. The van der Waals surface area contributed by atoms with E-state index in [1.54, 1.807) is 0 Å². The van der Waals surface area contributed by atoms with Crippen molar-refractivity contribution >= 4 is 0 Å². The lowest BCUT2D eigenvalue weighted by atomic mass is 10.0. The normalized spacial score (nSPS) is 18.1. The quantitative estimate of drug-likeness (QED) is 0.801. The Balaban J connectivity index is 2.15. The molecule has 1 aromatic rings. The molecule has 2 N–H and O–H groups in total. The molecule has 15 heavy (non-hydrogen) atoms. The fourth-order valence-electron chi connectivity index (χ4n) is 1.96. The number of hydrogen-bond acceptors (Lipinski definition) is 2. The van der Waals surface area contributed by atoms with Gasteiger partial charge in [-0.3, -0.25) is 4.68 Å². The molecule has 0 aromatic carbocycles. The van der Waals surface area contributed by atoms with E-state index in [9.17, 15) is 0 Å². The van der Waals surface area contributed by atoms with Crippen LogP contribution in [0.15, 0.2) is 6.20 Å². The molecule has 3 nitrogen and oxygen atoms in total. The van der Waals surface area contributed by atoms with E-state index in [1.807, 2.05) is 0 Å². The average molecular weight is 207 g/mol. The minimum absolute atomic E-state index is 0.567. The Morgan fingerprint density at radius 2 is 2.33 bits per heavy atom. The van der Waals surface area contributed by atoms with Gasteiger partial charge in [0.1, 0.15) is 0 Å². The molecule has 1 atom stereocenters. The number of aryl methyl sites for hydroxylation is 1. The molecular formula is C12H21N3. The van der Waals surface area contributed by atoms with Crippen LogP contribution in [0.1, 0.15) is 43.9 Å². The van der Waals surface area contributed by atoms with Crippen LogP contribution < -0.4 is 5.73 Å². The summed E-state index contributed by atoms with van der Waals surface area (Å²) in [7, 11) is 0. The Morgan fingerprint density at radius 1 is 1.60 bits per heavy atom. The van der Waals surface area contributed by atoms with E-state index in [0.29, 0.717) is 5.92 Å². The second-order valence-electron chi connectivity index (χ2n) is 4.71. The molecule has 84 valence electrons. The predicted octanol–water partition coefficient (Wildman–Crippen LogP) is 1.92. The molecule has 1 unspecified atom stereocenters. The first-order chi connectivity index (χ1) is 7.24. The lowest BCUT2D eigenvalue weighted by Gasteiger charge is -2.07. The highest BCUT2D eigenvalue weighted by atomic mass is 15.3. The van der Waals surface area contributed by atoms with Gasteiger partial charge in [0.15, 0.2) is 0 Å². The van der Waals surface area contributed by atoms with Gasteiger partial charge in [0.25, 0.3) is 0 Å². The summed E-state index contributed by atoms with van der Waals surface area (Å²) in [6.45, 7) is 6.08. The third-order valence-corrected chi connectivity index (χ3v) is 3.13. The van der Waals surface area contributed by atoms with Gasteiger partial charge in [0, 0.05) is 18.7 Å². The number of nitrogens with two attached hydrogens (primary N) is 1. The average Bonchev–Trinajstić information content (AvgIpc) is 3.01. The van der Waals surface area contributed by atoms with Crippen molar-refractivity contribution in [3.05, 3.63) is 17.5 Å². The van der Waals surface area contributed by atoms with Crippen molar-refractivity contribution in [3.63, 3.8) is 0 Å². The van der Waals surface area contributed by atoms with Gasteiger partial charge in [0.05, 0.1) is 5.69 Å².